The van der Waals surface area contributed by atoms with Crippen LogP contribution in [0.4, 0.5) is 0 Å². The summed E-state index contributed by atoms with van der Waals surface area (Å²) in [6.07, 6.45) is 5.65. The molecule has 0 bridgehead atoms. The highest BCUT2D eigenvalue weighted by Gasteiger charge is 2.41. The van der Waals surface area contributed by atoms with Crippen LogP contribution >= 0.6 is 0 Å². The van der Waals surface area contributed by atoms with Gasteiger partial charge in [-0.2, -0.15) is 0 Å². The number of nitrogens with one attached hydrogen (secondary N) is 1. The van der Waals surface area contributed by atoms with Gasteiger partial charge in [-0.3, -0.25) is 9.59 Å². The average Bonchev–Trinajstić information content (AvgIpc) is 2.89. The largest absolute Gasteiger partial charge is 0.481 e. The van der Waals surface area contributed by atoms with Crippen molar-refractivity contribution in [1.82, 2.24) is 5.32 Å². The molecule has 0 aromatic carbocycles. The van der Waals surface area contributed by atoms with Crippen molar-refractivity contribution in [3.05, 3.63) is 24.2 Å². The van der Waals surface area contributed by atoms with Crippen molar-refractivity contribution in [3.8, 4) is 0 Å². The average molecular weight is 279 g/mol. The molecule has 1 aromatic rings. The molecule has 5 heteroatoms. The Bertz CT molecular complexity index is 468. The summed E-state index contributed by atoms with van der Waals surface area (Å²) in [4.78, 5) is 23.4. The fraction of sp³-hybridized carbons (Fsp3) is 0.600. The van der Waals surface area contributed by atoms with Gasteiger partial charge in [0, 0.05) is 12.8 Å². The van der Waals surface area contributed by atoms with Gasteiger partial charge in [-0.25, -0.2) is 0 Å². The van der Waals surface area contributed by atoms with Crippen molar-refractivity contribution in [1.29, 1.82) is 0 Å². The van der Waals surface area contributed by atoms with Crippen LogP contribution in [0.1, 0.15) is 44.8 Å². The van der Waals surface area contributed by atoms with E-state index in [2.05, 4.69) is 5.32 Å². The van der Waals surface area contributed by atoms with E-state index in [1.165, 1.54) is 0 Å². The molecule has 0 aliphatic heterocycles. The first-order valence-corrected chi connectivity index (χ1v) is 7.07. The van der Waals surface area contributed by atoms with Gasteiger partial charge in [-0.15, -0.1) is 0 Å². The van der Waals surface area contributed by atoms with Crippen molar-refractivity contribution in [2.24, 2.45) is 5.92 Å². The van der Waals surface area contributed by atoms with E-state index in [9.17, 15) is 14.7 Å². The minimum absolute atomic E-state index is 0.114. The molecule has 0 spiro atoms. The molecule has 1 heterocycles. The minimum atomic E-state index is -0.821. The highest BCUT2D eigenvalue weighted by Crippen LogP contribution is 2.33. The second kappa shape index (κ2) is 6.11. The quantitative estimate of drug-likeness (QED) is 0.867. The number of rotatable bonds is 5. The van der Waals surface area contributed by atoms with Crippen LogP contribution in [0, 0.1) is 5.92 Å². The zero-order valence-electron chi connectivity index (χ0n) is 11.7. The summed E-state index contributed by atoms with van der Waals surface area (Å²) in [7, 11) is 0. The number of hydrogen-bond acceptors (Lipinski definition) is 3. The Morgan fingerprint density at radius 2 is 2.30 bits per heavy atom. The summed E-state index contributed by atoms with van der Waals surface area (Å²) in [5.74, 6) is -0.664. The lowest BCUT2D eigenvalue weighted by molar-refractivity contribution is -0.146. The van der Waals surface area contributed by atoms with E-state index in [1.807, 2.05) is 13.0 Å². The van der Waals surface area contributed by atoms with Gasteiger partial charge >= 0.3 is 5.97 Å². The van der Waals surface area contributed by atoms with Gasteiger partial charge in [0.2, 0.25) is 5.91 Å². The number of carboxylic acids is 1. The lowest BCUT2D eigenvalue weighted by Gasteiger charge is -2.39. The number of aryl methyl sites for hydroxylation is 1. The van der Waals surface area contributed by atoms with Crippen LogP contribution in [0.15, 0.2) is 22.8 Å². The smallest absolute Gasteiger partial charge is 0.308 e. The molecular weight excluding hydrogens is 258 g/mol. The molecule has 0 saturated heterocycles. The molecule has 0 radical (unpaired) electrons. The Morgan fingerprint density at radius 3 is 2.95 bits per heavy atom. The van der Waals surface area contributed by atoms with Gasteiger partial charge in [-0.1, -0.05) is 12.8 Å². The Hall–Kier alpha value is -1.78. The van der Waals surface area contributed by atoms with Crippen LogP contribution in [0.2, 0.25) is 0 Å². The highest BCUT2D eigenvalue weighted by molar-refractivity contribution is 5.79. The molecule has 1 aromatic heterocycles. The first-order valence-electron chi connectivity index (χ1n) is 7.07. The van der Waals surface area contributed by atoms with E-state index >= 15 is 0 Å². The monoisotopic (exact) mass is 279 g/mol. The third-order valence-electron chi connectivity index (χ3n) is 4.11. The first kappa shape index (κ1) is 14.6. The number of carboxylic acid groups (broad SMARTS) is 1. The number of furan rings is 1. The molecule has 2 unspecified atom stereocenters. The second-order valence-corrected chi connectivity index (χ2v) is 5.68. The van der Waals surface area contributed by atoms with Crippen LogP contribution in [-0.4, -0.2) is 22.5 Å². The molecule has 5 nitrogen and oxygen atoms in total. The van der Waals surface area contributed by atoms with E-state index in [0.717, 1.165) is 25.0 Å². The topological polar surface area (TPSA) is 79.5 Å². The summed E-state index contributed by atoms with van der Waals surface area (Å²) in [6.45, 7) is 1.84. The minimum Gasteiger partial charge on any atom is -0.481 e. The van der Waals surface area contributed by atoms with Crippen molar-refractivity contribution >= 4 is 11.9 Å². The Kier molecular flexibility index (Phi) is 4.47. The zero-order valence-corrected chi connectivity index (χ0v) is 11.7. The summed E-state index contributed by atoms with van der Waals surface area (Å²) in [5, 5.41) is 12.2. The first-order chi connectivity index (χ1) is 9.51. The molecule has 110 valence electrons. The molecule has 1 fully saturated rings. The van der Waals surface area contributed by atoms with E-state index in [1.54, 1.807) is 12.3 Å². The normalized spacial score (nSPS) is 26.1. The Balaban J connectivity index is 1.92. The highest BCUT2D eigenvalue weighted by atomic mass is 16.4. The predicted octanol–water partition coefficient (Wildman–Crippen LogP) is 2.36. The third-order valence-corrected chi connectivity index (χ3v) is 4.11. The summed E-state index contributed by atoms with van der Waals surface area (Å²) in [5.41, 5.74) is -0.635. The third kappa shape index (κ3) is 3.40. The van der Waals surface area contributed by atoms with Crippen molar-refractivity contribution < 1.29 is 19.1 Å². The predicted molar refractivity (Wildman–Crippen MR) is 73.2 cm³/mol. The maximum absolute atomic E-state index is 12.0. The van der Waals surface area contributed by atoms with E-state index < -0.39 is 17.4 Å². The van der Waals surface area contributed by atoms with Gasteiger partial charge in [0.05, 0.1) is 17.7 Å². The lowest BCUT2D eigenvalue weighted by Crippen LogP contribution is -2.55. The number of carbonyl (C=O) groups is 2. The number of carbonyl (C=O) groups excluding carboxylic acids is 1. The molecule has 1 aliphatic carbocycles. The fourth-order valence-corrected chi connectivity index (χ4v) is 2.95. The number of aliphatic carboxylic acids is 1. The molecule has 2 atom stereocenters. The van der Waals surface area contributed by atoms with Crippen LogP contribution in [-0.2, 0) is 16.0 Å². The van der Waals surface area contributed by atoms with Gasteiger partial charge < -0.3 is 14.8 Å². The van der Waals surface area contributed by atoms with E-state index in [0.29, 0.717) is 19.3 Å². The second-order valence-electron chi connectivity index (χ2n) is 5.68. The standard InChI is InChI=1S/C15H21NO4/c1-15(9-3-2-6-12(15)14(18)19)16-13(17)8-7-11-5-4-10-20-11/h4-5,10,12H,2-3,6-9H2,1H3,(H,16,17)(H,18,19). The fourth-order valence-electron chi connectivity index (χ4n) is 2.95. The molecule has 1 amide bonds. The number of amides is 1. The van der Waals surface area contributed by atoms with Gasteiger partial charge in [0.1, 0.15) is 5.76 Å². The van der Waals surface area contributed by atoms with Crippen LogP contribution in [0.5, 0.6) is 0 Å². The summed E-state index contributed by atoms with van der Waals surface area (Å²) in [6, 6.07) is 3.62. The van der Waals surface area contributed by atoms with Crippen molar-refractivity contribution in [3.63, 3.8) is 0 Å². The summed E-state index contributed by atoms with van der Waals surface area (Å²) >= 11 is 0. The molecule has 1 aliphatic rings. The zero-order chi connectivity index (χ0) is 14.6. The summed E-state index contributed by atoms with van der Waals surface area (Å²) < 4.78 is 5.18. The van der Waals surface area contributed by atoms with Gasteiger partial charge in [0.15, 0.2) is 0 Å². The number of hydrogen-bond donors (Lipinski definition) is 2. The van der Waals surface area contributed by atoms with E-state index in [4.69, 9.17) is 4.42 Å². The Labute approximate surface area is 118 Å². The van der Waals surface area contributed by atoms with Gasteiger partial charge in [-0.05, 0) is 31.9 Å². The molecule has 2 rings (SSSR count). The van der Waals surface area contributed by atoms with Crippen LogP contribution in [0.3, 0.4) is 0 Å². The van der Waals surface area contributed by atoms with Crippen molar-refractivity contribution in [2.45, 2.75) is 51.0 Å². The van der Waals surface area contributed by atoms with Crippen molar-refractivity contribution in [2.75, 3.05) is 0 Å². The Morgan fingerprint density at radius 1 is 1.50 bits per heavy atom. The molecule has 2 N–H and O–H groups in total. The molecule has 1 saturated carbocycles. The SMILES string of the molecule is CC1(NC(=O)CCc2ccco2)CCCCC1C(=O)O. The van der Waals surface area contributed by atoms with E-state index in [-0.39, 0.29) is 5.91 Å². The maximum atomic E-state index is 12.0. The molecule has 20 heavy (non-hydrogen) atoms. The van der Waals surface area contributed by atoms with Crippen LogP contribution in [0.25, 0.3) is 0 Å². The molecular formula is C15H21NO4. The lowest BCUT2D eigenvalue weighted by atomic mass is 9.74. The van der Waals surface area contributed by atoms with Gasteiger partial charge in [0.25, 0.3) is 0 Å². The maximum Gasteiger partial charge on any atom is 0.308 e. The van der Waals surface area contributed by atoms with Crippen LogP contribution < -0.4 is 5.32 Å².